The quantitative estimate of drug-likeness (QED) is 0.349. The number of nitro benzene ring substituents is 1. The molecular weight excluding hydrogens is 384 g/mol. The minimum atomic E-state index is -0.580. The third-order valence-electron chi connectivity index (χ3n) is 4.79. The van der Waals surface area contributed by atoms with Crippen molar-refractivity contribution in [2.45, 2.75) is 13.8 Å². The minimum Gasteiger partial charge on any atom is -0.507 e. The van der Waals surface area contributed by atoms with E-state index < -0.39 is 10.8 Å². The molecular formula is C22H22N4O4. The highest BCUT2D eigenvalue weighted by Gasteiger charge is 2.18. The third kappa shape index (κ3) is 4.38. The molecule has 0 aliphatic heterocycles. The smallest absolute Gasteiger partial charge is 0.293 e. The largest absolute Gasteiger partial charge is 0.507 e. The Balaban J connectivity index is 1.79. The lowest BCUT2D eigenvalue weighted by atomic mass is 10.1. The molecule has 0 saturated heterocycles. The van der Waals surface area contributed by atoms with Crippen LogP contribution in [0.4, 0.5) is 11.4 Å². The number of fused-ring (bicyclic) bond motifs is 1. The van der Waals surface area contributed by atoms with Gasteiger partial charge in [0.2, 0.25) is 0 Å². The van der Waals surface area contributed by atoms with Gasteiger partial charge in [-0.25, -0.2) is 5.43 Å². The van der Waals surface area contributed by atoms with E-state index in [0.717, 1.165) is 10.8 Å². The topological polar surface area (TPSA) is 108 Å². The maximum Gasteiger partial charge on any atom is 0.293 e. The Morgan fingerprint density at radius 2 is 1.80 bits per heavy atom. The fourth-order valence-electron chi connectivity index (χ4n) is 3.23. The maximum absolute atomic E-state index is 12.4. The highest BCUT2D eigenvalue weighted by molar-refractivity contribution is 6.01. The molecule has 3 rings (SSSR count). The third-order valence-corrected chi connectivity index (χ3v) is 4.79. The van der Waals surface area contributed by atoms with E-state index in [4.69, 9.17) is 0 Å². The molecule has 0 radical (unpaired) electrons. The first-order valence-electron chi connectivity index (χ1n) is 9.53. The van der Waals surface area contributed by atoms with E-state index in [1.54, 1.807) is 18.2 Å². The summed E-state index contributed by atoms with van der Waals surface area (Å²) < 4.78 is 0. The first kappa shape index (κ1) is 20.8. The van der Waals surface area contributed by atoms with Crippen LogP contribution in [0, 0.1) is 10.1 Å². The average Bonchev–Trinajstić information content (AvgIpc) is 2.74. The number of hydrogen-bond donors (Lipinski definition) is 2. The van der Waals surface area contributed by atoms with Gasteiger partial charge in [0.05, 0.1) is 16.7 Å². The van der Waals surface area contributed by atoms with Crippen molar-refractivity contribution in [3.05, 3.63) is 75.8 Å². The van der Waals surface area contributed by atoms with Crippen LogP contribution in [0.25, 0.3) is 10.8 Å². The number of nitrogens with one attached hydrogen (secondary N) is 1. The fourth-order valence-corrected chi connectivity index (χ4v) is 3.23. The average molecular weight is 406 g/mol. The van der Waals surface area contributed by atoms with Crippen molar-refractivity contribution >= 4 is 34.3 Å². The van der Waals surface area contributed by atoms with Gasteiger partial charge in [-0.15, -0.1) is 0 Å². The predicted octanol–water partition coefficient (Wildman–Crippen LogP) is 4.06. The van der Waals surface area contributed by atoms with Gasteiger partial charge in [0.15, 0.2) is 0 Å². The van der Waals surface area contributed by atoms with Crippen LogP contribution < -0.4 is 10.3 Å². The SMILES string of the molecule is CCN(CC)c1ccc(C=NNC(=O)c2cc3ccccc3cc2O)cc1[N+](=O)[O-]. The first-order valence-corrected chi connectivity index (χ1v) is 9.53. The number of rotatable bonds is 7. The minimum absolute atomic E-state index is 0.0267. The number of benzene rings is 3. The molecule has 30 heavy (non-hydrogen) atoms. The molecule has 0 aliphatic rings. The summed E-state index contributed by atoms with van der Waals surface area (Å²) in [6.07, 6.45) is 1.33. The second-order valence-corrected chi connectivity index (χ2v) is 6.59. The van der Waals surface area contributed by atoms with Gasteiger partial charge in [-0.2, -0.15) is 5.10 Å². The molecule has 0 aliphatic carbocycles. The Kier molecular flexibility index (Phi) is 6.26. The zero-order chi connectivity index (χ0) is 21.7. The van der Waals surface area contributed by atoms with Crippen LogP contribution in [0.2, 0.25) is 0 Å². The van der Waals surface area contributed by atoms with Gasteiger partial charge in [-0.1, -0.05) is 30.3 Å². The van der Waals surface area contributed by atoms with Gasteiger partial charge in [-0.3, -0.25) is 14.9 Å². The first-order chi connectivity index (χ1) is 14.4. The molecule has 0 aromatic heterocycles. The number of amides is 1. The number of anilines is 1. The van der Waals surface area contributed by atoms with Gasteiger partial charge in [-0.05, 0) is 42.8 Å². The van der Waals surface area contributed by atoms with Crippen molar-refractivity contribution in [3.63, 3.8) is 0 Å². The standard InChI is InChI=1S/C22H22N4O4/c1-3-25(4-2)19-10-9-15(11-20(19)26(29)30)14-23-24-22(28)18-12-16-7-5-6-8-17(16)13-21(18)27/h5-14,27H,3-4H2,1-2H3,(H,24,28). The molecule has 3 aromatic rings. The van der Waals surface area contributed by atoms with Crippen molar-refractivity contribution in [1.29, 1.82) is 0 Å². The fraction of sp³-hybridized carbons (Fsp3) is 0.182. The number of aromatic hydroxyl groups is 1. The number of carbonyl (C=O) groups is 1. The number of phenolic OH excluding ortho intramolecular Hbond substituents is 1. The maximum atomic E-state index is 12.4. The van der Waals surface area contributed by atoms with E-state index in [-0.39, 0.29) is 17.0 Å². The Hall–Kier alpha value is -3.94. The summed E-state index contributed by atoms with van der Waals surface area (Å²) in [5.41, 5.74) is 3.42. The molecule has 1 amide bonds. The molecule has 0 heterocycles. The van der Waals surface area contributed by atoms with Crippen LogP contribution in [0.1, 0.15) is 29.8 Å². The van der Waals surface area contributed by atoms with Crippen LogP contribution in [-0.2, 0) is 0 Å². The van der Waals surface area contributed by atoms with Crippen LogP contribution in [0.5, 0.6) is 5.75 Å². The number of hydrazone groups is 1. The highest BCUT2D eigenvalue weighted by Crippen LogP contribution is 2.29. The van der Waals surface area contributed by atoms with Crippen molar-refractivity contribution in [1.82, 2.24) is 5.43 Å². The van der Waals surface area contributed by atoms with E-state index in [1.807, 2.05) is 43.0 Å². The Morgan fingerprint density at radius 1 is 1.13 bits per heavy atom. The van der Waals surface area contributed by atoms with Crippen LogP contribution in [0.3, 0.4) is 0 Å². The molecule has 0 saturated carbocycles. The Morgan fingerprint density at radius 3 is 2.43 bits per heavy atom. The molecule has 0 unspecified atom stereocenters. The molecule has 0 spiro atoms. The summed E-state index contributed by atoms with van der Waals surface area (Å²) in [5, 5.41) is 27.1. The lowest BCUT2D eigenvalue weighted by Crippen LogP contribution is -2.22. The molecule has 0 bridgehead atoms. The molecule has 8 heteroatoms. The molecule has 0 atom stereocenters. The van der Waals surface area contributed by atoms with Crippen molar-refractivity contribution in [2.24, 2.45) is 5.10 Å². The molecule has 154 valence electrons. The summed E-state index contributed by atoms with van der Waals surface area (Å²) in [6.45, 7) is 5.16. The van der Waals surface area contributed by atoms with Gasteiger partial charge < -0.3 is 10.0 Å². The Bertz CT molecular complexity index is 1120. The monoisotopic (exact) mass is 406 g/mol. The van der Waals surface area contributed by atoms with E-state index in [0.29, 0.717) is 24.3 Å². The summed E-state index contributed by atoms with van der Waals surface area (Å²) in [4.78, 5) is 25.3. The second kappa shape index (κ2) is 9.04. The second-order valence-electron chi connectivity index (χ2n) is 6.59. The van der Waals surface area contributed by atoms with E-state index in [9.17, 15) is 20.0 Å². The van der Waals surface area contributed by atoms with Crippen LogP contribution in [-0.4, -0.2) is 35.2 Å². The lowest BCUT2D eigenvalue weighted by Gasteiger charge is -2.20. The number of nitro groups is 1. The van der Waals surface area contributed by atoms with Gasteiger partial charge in [0, 0.05) is 24.7 Å². The van der Waals surface area contributed by atoms with E-state index in [1.165, 1.54) is 18.3 Å². The van der Waals surface area contributed by atoms with Gasteiger partial charge in [0.25, 0.3) is 11.6 Å². The normalized spacial score (nSPS) is 11.0. The zero-order valence-corrected chi connectivity index (χ0v) is 16.7. The number of hydrogen-bond acceptors (Lipinski definition) is 6. The van der Waals surface area contributed by atoms with Crippen LogP contribution in [0.15, 0.2) is 59.7 Å². The number of nitrogens with zero attached hydrogens (tertiary/aromatic N) is 3. The Labute approximate surface area is 173 Å². The molecule has 0 fully saturated rings. The summed E-state index contributed by atoms with van der Waals surface area (Å²) >= 11 is 0. The lowest BCUT2D eigenvalue weighted by molar-refractivity contribution is -0.384. The highest BCUT2D eigenvalue weighted by atomic mass is 16.6. The van der Waals surface area contributed by atoms with Gasteiger partial charge in [0.1, 0.15) is 11.4 Å². The van der Waals surface area contributed by atoms with Crippen molar-refractivity contribution in [2.75, 3.05) is 18.0 Å². The molecule has 2 N–H and O–H groups in total. The summed E-state index contributed by atoms with van der Waals surface area (Å²) in [6, 6.07) is 15.2. The van der Waals surface area contributed by atoms with E-state index in [2.05, 4.69) is 10.5 Å². The van der Waals surface area contributed by atoms with E-state index >= 15 is 0 Å². The predicted molar refractivity (Wildman–Crippen MR) is 117 cm³/mol. The van der Waals surface area contributed by atoms with Crippen LogP contribution >= 0.6 is 0 Å². The summed E-state index contributed by atoms with van der Waals surface area (Å²) in [7, 11) is 0. The number of phenols is 1. The van der Waals surface area contributed by atoms with Crippen molar-refractivity contribution < 1.29 is 14.8 Å². The van der Waals surface area contributed by atoms with Crippen molar-refractivity contribution in [3.8, 4) is 5.75 Å². The molecule has 3 aromatic carbocycles. The van der Waals surface area contributed by atoms with Gasteiger partial charge >= 0.3 is 0 Å². The number of carbonyl (C=O) groups excluding carboxylic acids is 1. The zero-order valence-electron chi connectivity index (χ0n) is 16.7. The summed E-state index contributed by atoms with van der Waals surface area (Å²) in [5.74, 6) is -0.732. The molecule has 8 nitrogen and oxygen atoms in total.